The van der Waals surface area contributed by atoms with Crippen molar-refractivity contribution in [2.24, 2.45) is 0 Å². The molecule has 34 heavy (non-hydrogen) atoms. The van der Waals surface area contributed by atoms with E-state index in [1.165, 1.54) is 37.3 Å². The smallest absolute Gasteiger partial charge is 0.350 e. The third-order valence-corrected chi connectivity index (χ3v) is 7.95. The van der Waals surface area contributed by atoms with Gasteiger partial charge in [0, 0.05) is 24.5 Å². The van der Waals surface area contributed by atoms with Crippen LogP contribution in [0.5, 0.6) is 0 Å². The molecule has 1 aromatic heterocycles. The van der Waals surface area contributed by atoms with Gasteiger partial charge in [-0.1, -0.05) is 42.1 Å². The van der Waals surface area contributed by atoms with Crippen LogP contribution in [0.3, 0.4) is 0 Å². The number of aromatic amines is 1. The number of halogens is 3. The number of fused-ring (bicyclic) bond motifs is 1. The van der Waals surface area contributed by atoms with Crippen LogP contribution in [0, 0.1) is 0 Å². The molecule has 0 atom stereocenters. The first-order valence-corrected chi connectivity index (χ1v) is 12.6. The predicted molar refractivity (Wildman–Crippen MR) is 127 cm³/mol. The lowest BCUT2D eigenvalue weighted by molar-refractivity contribution is -0.137. The molecule has 0 spiro atoms. The number of hydrogen-bond donors (Lipinski definition) is 2. The maximum absolute atomic E-state index is 13.0. The molecule has 2 aliphatic rings. The molecule has 1 aliphatic heterocycles. The van der Waals surface area contributed by atoms with Gasteiger partial charge in [0.25, 0.3) is 0 Å². The highest BCUT2D eigenvalue weighted by Crippen LogP contribution is 2.36. The van der Waals surface area contributed by atoms with Gasteiger partial charge in [-0.25, -0.2) is 0 Å². The second-order valence-corrected chi connectivity index (χ2v) is 10.2. The number of nitrogens with one attached hydrogen (secondary N) is 2. The number of carbonyl (C=O) groups is 1. The summed E-state index contributed by atoms with van der Waals surface area (Å²) in [7, 11) is 0. The summed E-state index contributed by atoms with van der Waals surface area (Å²) in [5.41, 5.74) is 1.24. The third-order valence-electron chi connectivity index (χ3n) is 6.95. The number of amides is 1. The Balaban J connectivity index is 1.06. The van der Waals surface area contributed by atoms with Gasteiger partial charge in [0.15, 0.2) is 0 Å². The number of H-pyrrole nitrogens is 1. The van der Waals surface area contributed by atoms with Crippen molar-refractivity contribution in [2.45, 2.75) is 54.9 Å². The molecule has 5 rings (SSSR count). The van der Waals surface area contributed by atoms with Crippen molar-refractivity contribution in [1.29, 1.82) is 0 Å². The van der Waals surface area contributed by atoms with Crippen LogP contribution in [0.1, 0.15) is 42.7 Å². The highest BCUT2D eigenvalue weighted by Gasteiger charge is 2.35. The van der Waals surface area contributed by atoms with Crippen molar-refractivity contribution >= 4 is 28.6 Å². The summed E-state index contributed by atoms with van der Waals surface area (Å²) in [6, 6.07) is 14.9. The number of alkyl halides is 3. The molecule has 1 saturated heterocycles. The SMILES string of the molecule is O=C(CSc1n[nH]c2ccc(C(F)(F)F)cc12)NC1CN(C2CCC(c3ccccc3)CC2)C1. The average Bonchev–Trinajstić information content (AvgIpc) is 3.22. The molecule has 5 nitrogen and oxygen atoms in total. The Morgan fingerprint density at radius 1 is 1.09 bits per heavy atom. The predicted octanol–water partition coefficient (Wildman–Crippen LogP) is 5.20. The van der Waals surface area contributed by atoms with Crippen LogP contribution in [0.4, 0.5) is 13.2 Å². The van der Waals surface area contributed by atoms with E-state index in [1.54, 1.807) is 0 Å². The molecule has 1 aliphatic carbocycles. The first-order valence-electron chi connectivity index (χ1n) is 11.6. The van der Waals surface area contributed by atoms with E-state index in [9.17, 15) is 18.0 Å². The number of aromatic nitrogens is 2. The summed E-state index contributed by atoms with van der Waals surface area (Å²) >= 11 is 1.15. The summed E-state index contributed by atoms with van der Waals surface area (Å²) in [6.07, 6.45) is 0.352. The van der Waals surface area contributed by atoms with Crippen molar-refractivity contribution in [1.82, 2.24) is 20.4 Å². The Kier molecular flexibility index (Phi) is 6.57. The Labute approximate surface area is 200 Å². The molecular weight excluding hydrogens is 461 g/mol. The second-order valence-electron chi connectivity index (χ2n) is 9.21. The number of rotatable bonds is 6. The summed E-state index contributed by atoms with van der Waals surface area (Å²) in [5.74, 6) is 0.650. The largest absolute Gasteiger partial charge is 0.416 e. The molecule has 2 heterocycles. The second kappa shape index (κ2) is 9.62. The van der Waals surface area contributed by atoms with E-state index in [2.05, 4.69) is 50.7 Å². The van der Waals surface area contributed by atoms with Crippen molar-refractivity contribution in [2.75, 3.05) is 18.8 Å². The van der Waals surface area contributed by atoms with Gasteiger partial charge < -0.3 is 5.32 Å². The Bertz CT molecular complexity index is 1140. The number of thioether (sulfide) groups is 1. The first-order chi connectivity index (χ1) is 16.4. The molecule has 9 heteroatoms. The fraction of sp³-hybridized carbons (Fsp3) is 0.440. The van der Waals surface area contributed by atoms with Gasteiger partial charge in [-0.3, -0.25) is 14.8 Å². The molecule has 180 valence electrons. The van der Waals surface area contributed by atoms with Crippen LogP contribution in [0.2, 0.25) is 0 Å². The van der Waals surface area contributed by atoms with Crippen molar-refractivity contribution in [3.8, 4) is 0 Å². The van der Waals surface area contributed by atoms with Crippen molar-refractivity contribution in [3.05, 3.63) is 59.7 Å². The maximum atomic E-state index is 13.0. The molecule has 2 aromatic carbocycles. The van der Waals surface area contributed by atoms with E-state index in [1.807, 2.05) is 0 Å². The van der Waals surface area contributed by atoms with E-state index in [0.29, 0.717) is 27.9 Å². The van der Waals surface area contributed by atoms with E-state index in [4.69, 9.17) is 0 Å². The zero-order chi connectivity index (χ0) is 23.7. The van der Waals surface area contributed by atoms with Crippen LogP contribution in [-0.2, 0) is 11.0 Å². The lowest BCUT2D eigenvalue weighted by Crippen LogP contribution is -2.62. The molecule has 2 N–H and O–H groups in total. The number of carbonyl (C=O) groups excluding carboxylic acids is 1. The quantitative estimate of drug-likeness (QED) is 0.468. The van der Waals surface area contributed by atoms with E-state index in [0.717, 1.165) is 37.0 Å². The van der Waals surface area contributed by atoms with E-state index >= 15 is 0 Å². The highest BCUT2D eigenvalue weighted by atomic mass is 32.2. The molecular formula is C25H27F3N4OS. The molecule has 3 aromatic rings. The zero-order valence-corrected chi connectivity index (χ0v) is 19.5. The Hall–Kier alpha value is -2.52. The maximum Gasteiger partial charge on any atom is 0.416 e. The summed E-state index contributed by atoms with van der Waals surface area (Å²) in [5, 5.41) is 10.7. The number of nitrogens with zero attached hydrogens (tertiary/aromatic N) is 2. The number of likely N-dealkylation sites (tertiary alicyclic amines) is 1. The Morgan fingerprint density at radius 2 is 1.82 bits per heavy atom. The van der Waals surface area contributed by atoms with Crippen LogP contribution in [0.15, 0.2) is 53.6 Å². The molecule has 1 amide bonds. The third kappa shape index (κ3) is 5.10. The zero-order valence-electron chi connectivity index (χ0n) is 18.6. The van der Waals surface area contributed by atoms with Gasteiger partial charge in [-0.2, -0.15) is 18.3 Å². The lowest BCUT2D eigenvalue weighted by atomic mass is 9.80. The van der Waals surface area contributed by atoms with Gasteiger partial charge in [-0.15, -0.1) is 0 Å². The molecule has 0 radical (unpaired) electrons. The van der Waals surface area contributed by atoms with Gasteiger partial charge in [-0.05, 0) is 55.4 Å². The number of benzene rings is 2. The summed E-state index contributed by atoms with van der Waals surface area (Å²) < 4.78 is 39.0. The summed E-state index contributed by atoms with van der Waals surface area (Å²) in [4.78, 5) is 14.9. The minimum absolute atomic E-state index is 0.120. The lowest BCUT2D eigenvalue weighted by Gasteiger charge is -2.46. The van der Waals surface area contributed by atoms with E-state index < -0.39 is 11.7 Å². The minimum Gasteiger partial charge on any atom is -0.350 e. The van der Waals surface area contributed by atoms with Crippen LogP contribution >= 0.6 is 11.8 Å². The molecule has 0 unspecified atom stereocenters. The van der Waals surface area contributed by atoms with Crippen molar-refractivity contribution in [3.63, 3.8) is 0 Å². The highest BCUT2D eigenvalue weighted by molar-refractivity contribution is 8.00. The fourth-order valence-corrected chi connectivity index (χ4v) is 5.87. The minimum atomic E-state index is -4.42. The topological polar surface area (TPSA) is 61.0 Å². The monoisotopic (exact) mass is 488 g/mol. The molecule has 1 saturated carbocycles. The van der Waals surface area contributed by atoms with Crippen LogP contribution < -0.4 is 5.32 Å². The first kappa shape index (κ1) is 23.2. The van der Waals surface area contributed by atoms with E-state index in [-0.39, 0.29) is 17.7 Å². The molecule has 2 fully saturated rings. The average molecular weight is 489 g/mol. The van der Waals surface area contributed by atoms with Crippen LogP contribution in [-0.4, -0.2) is 51.9 Å². The number of hydrogen-bond acceptors (Lipinski definition) is 4. The van der Waals surface area contributed by atoms with Crippen LogP contribution in [0.25, 0.3) is 10.9 Å². The van der Waals surface area contributed by atoms with Gasteiger partial charge in [0.05, 0.1) is 22.9 Å². The fourth-order valence-electron chi connectivity index (χ4n) is 5.08. The van der Waals surface area contributed by atoms with Gasteiger partial charge in [0.1, 0.15) is 5.03 Å². The van der Waals surface area contributed by atoms with Gasteiger partial charge in [0.2, 0.25) is 5.91 Å². The summed E-state index contributed by atoms with van der Waals surface area (Å²) in [6.45, 7) is 1.72. The van der Waals surface area contributed by atoms with Crippen molar-refractivity contribution < 1.29 is 18.0 Å². The van der Waals surface area contributed by atoms with Gasteiger partial charge >= 0.3 is 6.18 Å². The Morgan fingerprint density at radius 3 is 2.53 bits per heavy atom. The normalized spacial score (nSPS) is 22.0. The standard InChI is InChI=1S/C25H27F3N4OS/c26-25(27,28)18-8-11-22-21(12-18)24(31-30-22)34-15-23(33)29-19-13-32(14-19)20-9-6-17(7-10-20)16-4-2-1-3-5-16/h1-5,8,11-12,17,19-20H,6-7,9-10,13-15H2,(H,29,33)(H,30,31). The molecule has 0 bridgehead atoms.